The van der Waals surface area contributed by atoms with E-state index in [9.17, 15) is 33.1 Å². The Morgan fingerprint density at radius 3 is 1.84 bits per heavy atom. The molecule has 15 nitrogen and oxygen atoms in total. The van der Waals surface area contributed by atoms with Crippen molar-refractivity contribution in [2.24, 2.45) is 22.9 Å². The molecule has 5 rings (SSSR count). The highest BCUT2D eigenvalue weighted by molar-refractivity contribution is 6.31. The second-order valence-electron chi connectivity index (χ2n) is 15.0. The number of nitrogens with two attached hydrogens (primary N) is 4. The van der Waals surface area contributed by atoms with Crippen LogP contribution in [0.3, 0.4) is 0 Å². The molecule has 0 aliphatic heterocycles. The van der Waals surface area contributed by atoms with E-state index in [1.165, 1.54) is 36.5 Å². The lowest BCUT2D eigenvalue weighted by atomic mass is 9.96. The third kappa shape index (κ3) is 16.1. The number of benzene rings is 4. The van der Waals surface area contributed by atoms with Crippen molar-refractivity contribution in [2.75, 3.05) is 13.2 Å². The molecule has 4 aromatic carbocycles. The Morgan fingerprint density at radius 1 is 0.781 bits per heavy atom. The van der Waals surface area contributed by atoms with Crippen LogP contribution < -0.4 is 33.6 Å². The minimum Gasteiger partial charge on any atom is -0.480 e. The summed E-state index contributed by atoms with van der Waals surface area (Å²) < 4.78 is 33.1. The van der Waals surface area contributed by atoms with Crippen LogP contribution in [0.1, 0.15) is 60.6 Å². The van der Waals surface area contributed by atoms with Gasteiger partial charge in [0, 0.05) is 33.3 Å². The molecule has 12 N–H and O–H groups in total. The number of hydrogen-bond donors (Lipinski definition) is 8. The summed E-state index contributed by atoms with van der Waals surface area (Å²) in [4.78, 5) is 48.8. The summed E-state index contributed by atoms with van der Waals surface area (Å²) in [6.07, 6.45) is 3.90. The van der Waals surface area contributed by atoms with E-state index in [4.69, 9.17) is 50.9 Å². The number of halogens is 4. The van der Waals surface area contributed by atoms with Crippen molar-refractivity contribution in [3.8, 4) is 22.3 Å². The molecule has 0 saturated carbocycles. The first-order valence-corrected chi connectivity index (χ1v) is 21.3. The number of aromatic amines is 1. The molecule has 0 radical (unpaired) electrons. The number of aromatic nitrogens is 3. The number of esters is 1. The highest BCUT2D eigenvalue weighted by atomic mass is 35.5. The van der Waals surface area contributed by atoms with Gasteiger partial charge in [0.25, 0.3) is 5.91 Å². The molecular formula is C45H53Cl2F2N9O6. The van der Waals surface area contributed by atoms with Gasteiger partial charge in [0.2, 0.25) is 5.91 Å². The lowest BCUT2D eigenvalue weighted by molar-refractivity contribution is -0.145. The Hall–Kier alpha value is -5.82. The molecule has 0 unspecified atom stereocenters. The number of aliphatic carboxylic acids is 1. The topological polar surface area (TPSA) is 267 Å². The largest absolute Gasteiger partial charge is 0.480 e. The van der Waals surface area contributed by atoms with Gasteiger partial charge in [-0.3, -0.25) is 14.4 Å². The van der Waals surface area contributed by atoms with E-state index in [0.29, 0.717) is 72.0 Å². The number of carbonyl (C=O) groups excluding carboxylic acids is 3. The number of unbranched alkanes of at least 4 members (excludes halogenated alkanes) is 1. The zero-order valence-electron chi connectivity index (χ0n) is 35.1. The summed E-state index contributed by atoms with van der Waals surface area (Å²) in [6.45, 7) is 2.49. The second-order valence-corrected chi connectivity index (χ2v) is 15.8. The number of amides is 2. The maximum Gasteiger partial charge on any atom is 0.326 e. The van der Waals surface area contributed by atoms with Crippen molar-refractivity contribution in [3.05, 3.63) is 130 Å². The van der Waals surface area contributed by atoms with E-state index in [2.05, 4.69) is 26.0 Å². The first-order valence-electron chi connectivity index (χ1n) is 20.5. The number of nitrogens with zero attached hydrogens (tertiary/aromatic N) is 2. The van der Waals surface area contributed by atoms with Crippen LogP contribution in [-0.4, -0.2) is 87.6 Å². The number of carboxylic acids is 1. The maximum absolute atomic E-state index is 14.3. The number of rotatable bonds is 21. The fourth-order valence-electron chi connectivity index (χ4n) is 6.61. The Kier molecular flexibility index (Phi) is 20.2. The standard InChI is InChI=1S/C26H31ClFN7O4.C19H22ClFN2O2/c27-17-8-9-20(28)19(12-17)16-6-4-15(5-7-16)11-18(32-25(37)23-14-31-35-34-23)13-22(26(38)39)33-24(36)21(30)3-1-2-10-29;1-2-25-19(24)18(23)11-15(22)9-12-3-5-13(6-4-12)16-10-14(20)7-8-17(16)21/h4-9,12,14,18,21-22H,1-3,10-11,13,29-30H2,(H,32,37)(H,33,36)(H,38,39)(H,31,34,35);3-8,10,15,18H,2,9,11,22-23H2,1H3/t18-,21+,22-;15-,18-/m11/s1. The normalized spacial score (nSPS) is 13.3. The van der Waals surface area contributed by atoms with Crippen LogP contribution in [0.15, 0.2) is 91.1 Å². The second kappa shape index (κ2) is 25.5. The lowest BCUT2D eigenvalue weighted by Gasteiger charge is -2.24. The van der Waals surface area contributed by atoms with Crippen LogP contribution in [0.2, 0.25) is 10.0 Å². The Bertz CT molecular complexity index is 2290. The minimum absolute atomic E-state index is 0.0182. The molecule has 0 aliphatic rings. The van der Waals surface area contributed by atoms with Gasteiger partial charge in [-0.1, -0.05) is 78.2 Å². The van der Waals surface area contributed by atoms with Gasteiger partial charge in [0.05, 0.1) is 18.8 Å². The highest BCUT2D eigenvalue weighted by Gasteiger charge is 2.28. The van der Waals surface area contributed by atoms with Crippen molar-refractivity contribution in [1.29, 1.82) is 0 Å². The van der Waals surface area contributed by atoms with Crippen molar-refractivity contribution in [2.45, 2.75) is 82.1 Å². The summed E-state index contributed by atoms with van der Waals surface area (Å²) >= 11 is 11.9. The van der Waals surface area contributed by atoms with Crippen LogP contribution in [0.25, 0.3) is 22.3 Å². The molecule has 2 amide bonds. The summed E-state index contributed by atoms with van der Waals surface area (Å²) in [7, 11) is 0. The van der Waals surface area contributed by atoms with Gasteiger partial charge in [-0.05, 0) is 111 Å². The van der Waals surface area contributed by atoms with Gasteiger partial charge < -0.3 is 43.4 Å². The molecule has 0 spiro atoms. The summed E-state index contributed by atoms with van der Waals surface area (Å²) in [5, 5.41) is 25.6. The number of H-pyrrole nitrogens is 1. The molecule has 0 bridgehead atoms. The summed E-state index contributed by atoms with van der Waals surface area (Å²) in [5.41, 5.74) is 27.1. The molecule has 5 aromatic rings. The highest BCUT2D eigenvalue weighted by Crippen LogP contribution is 2.28. The fraction of sp³-hybridized carbons (Fsp3) is 0.333. The molecule has 342 valence electrons. The first kappa shape index (κ1) is 50.8. The fourth-order valence-corrected chi connectivity index (χ4v) is 6.95. The maximum atomic E-state index is 14.3. The minimum atomic E-state index is -1.32. The zero-order chi connectivity index (χ0) is 46.8. The van der Waals surface area contributed by atoms with E-state index in [1.807, 2.05) is 24.3 Å². The predicted molar refractivity (Wildman–Crippen MR) is 241 cm³/mol. The van der Waals surface area contributed by atoms with Crippen molar-refractivity contribution in [3.63, 3.8) is 0 Å². The van der Waals surface area contributed by atoms with Crippen molar-refractivity contribution >= 4 is 47.0 Å². The number of carboxylic acid groups (broad SMARTS) is 1. The Labute approximate surface area is 379 Å². The third-order valence-corrected chi connectivity index (χ3v) is 10.4. The van der Waals surface area contributed by atoms with Crippen LogP contribution in [0.5, 0.6) is 0 Å². The molecule has 0 fully saturated rings. The molecule has 1 heterocycles. The SMILES string of the molecule is CCOC(=O)[C@H](N)C[C@H](N)Cc1ccc(-c2cc(Cl)ccc2F)cc1.NCCCC[C@H](N)C(=O)N[C@H](C[C@@H](Cc1ccc(-c2cc(Cl)ccc2F)cc1)NC(=O)c1cn[nH]n1)C(=O)O. The van der Waals surface area contributed by atoms with E-state index in [1.54, 1.807) is 37.3 Å². The van der Waals surface area contributed by atoms with Gasteiger partial charge in [0.1, 0.15) is 23.7 Å². The van der Waals surface area contributed by atoms with Gasteiger partial charge in [-0.15, -0.1) is 0 Å². The monoisotopic (exact) mass is 923 g/mol. The van der Waals surface area contributed by atoms with Crippen LogP contribution in [0.4, 0.5) is 8.78 Å². The average Bonchev–Trinajstić information content (AvgIpc) is 3.82. The van der Waals surface area contributed by atoms with Crippen molar-refractivity contribution in [1.82, 2.24) is 26.0 Å². The molecule has 1 aromatic heterocycles. The summed E-state index contributed by atoms with van der Waals surface area (Å²) in [5.74, 6) is -3.63. The molecule has 19 heteroatoms. The molecule has 0 saturated heterocycles. The molecule has 64 heavy (non-hydrogen) atoms. The number of hydrogen-bond acceptors (Lipinski definition) is 11. The number of nitrogens with one attached hydrogen (secondary N) is 3. The van der Waals surface area contributed by atoms with E-state index in [0.717, 1.165) is 16.7 Å². The summed E-state index contributed by atoms with van der Waals surface area (Å²) in [6, 6.07) is 19.1. The zero-order valence-corrected chi connectivity index (χ0v) is 36.6. The quantitative estimate of drug-likeness (QED) is 0.0344. The predicted octanol–water partition coefficient (Wildman–Crippen LogP) is 5.32. The van der Waals surface area contributed by atoms with Crippen LogP contribution in [-0.2, 0) is 32.0 Å². The molecular weight excluding hydrogens is 871 g/mol. The van der Waals surface area contributed by atoms with Crippen molar-refractivity contribution < 1.29 is 37.8 Å². The Balaban J connectivity index is 0.000000309. The first-order chi connectivity index (χ1) is 30.6. The van der Waals surface area contributed by atoms with Gasteiger partial charge in [-0.25, -0.2) is 13.6 Å². The number of carbonyl (C=O) groups is 4. The van der Waals surface area contributed by atoms with Gasteiger partial charge in [0.15, 0.2) is 5.69 Å². The van der Waals surface area contributed by atoms with E-state index < -0.39 is 53.7 Å². The third-order valence-electron chi connectivity index (χ3n) is 9.94. The van der Waals surface area contributed by atoms with E-state index in [-0.39, 0.29) is 30.4 Å². The van der Waals surface area contributed by atoms with Crippen LogP contribution >= 0.6 is 23.2 Å². The van der Waals surface area contributed by atoms with Gasteiger partial charge in [-0.2, -0.15) is 15.4 Å². The smallest absolute Gasteiger partial charge is 0.326 e. The van der Waals surface area contributed by atoms with Crippen LogP contribution in [0, 0.1) is 11.6 Å². The lowest BCUT2D eigenvalue weighted by Crippen LogP contribution is -2.51. The van der Waals surface area contributed by atoms with E-state index >= 15 is 0 Å². The molecule has 0 aliphatic carbocycles. The number of ether oxygens (including phenoxy) is 1. The average molecular weight is 925 g/mol. The van der Waals surface area contributed by atoms with Gasteiger partial charge >= 0.3 is 11.9 Å². The molecule has 5 atom stereocenters. The Morgan fingerprint density at radius 2 is 1.34 bits per heavy atom.